The second-order valence-corrected chi connectivity index (χ2v) is 5.90. The summed E-state index contributed by atoms with van der Waals surface area (Å²) in [5.74, 6) is 0. The van der Waals surface area contributed by atoms with Crippen molar-refractivity contribution in [3.8, 4) is 0 Å². The topological polar surface area (TPSA) is 26.3 Å². The molecule has 0 spiro atoms. The highest BCUT2D eigenvalue weighted by Gasteiger charge is 1.92. The summed E-state index contributed by atoms with van der Waals surface area (Å²) in [5, 5.41) is 0. The van der Waals surface area contributed by atoms with Crippen molar-refractivity contribution in [2.75, 3.05) is 6.61 Å². The van der Waals surface area contributed by atoms with Gasteiger partial charge in [-0.2, -0.15) is 0 Å². The maximum atomic E-state index is 9.94. The molecule has 0 aliphatic carbocycles. The molecule has 0 aliphatic heterocycles. The third-order valence-electron chi connectivity index (χ3n) is 3.84. The lowest BCUT2D eigenvalue weighted by Gasteiger charge is -2.01. The molecule has 0 radical (unpaired) electrons. The van der Waals surface area contributed by atoms with Gasteiger partial charge in [0.15, 0.2) is 0 Å². The fourth-order valence-corrected chi connectivity index (χ4v) is 2.48. The minimum absolute atomic E-state index is 0.540. The van der Waals surface area contributed by atoms with Crippen LogP contribution < -0.4 is 0 Å². The number of carbonyl (C=O) groups excluding carboxylic acids is 1. The van der Waals surface area contributed by atoms with Gasteiger partial charge < -0.3 is 4.74 Å². The van der Waals surface area contributed by atoms with Gasteiger partial charge in [0.05, 0.1) is 6.61 Å². The van der Waals surface area contributed by atoms with E-state index in [0.29, 0.717) is 13.1 Å². The van der Waals surface area contributed by atoms with E-state index >= 15 is 0 Å². The van der Waals surface area contributed by atoms with Crippen molar-refractivity contribution in [2.45, 2.75) is 96.8 Å². The molecule has 0 saturated carbocycles. The smallest absolute Gasteiger partial charge is 0.293 e. The first-order valence-corrected chi connectivity index (χ1v) is 9.12. The molecular formula is C19H36O2. The first-order chi connectivity index (χ1) is 10.4. The van der Waals surface area contributed by atoms with E-state index < -0.39 is 0 Å². The summed E-state index contributed by atoms with van der Waals surface area (Å²) in [4.78, 5) is 9.94. The van der Waals surface area contributed by atoms with Gasteiger partial charge >= 0.3 is 0 Å². The summed E-state index contributed by atoms with van der Waals surface area (Å²) < 4.78 is 4.66. The lowest BCUT2D eigenvalue weighted by atomic mass is 10.1. The Morgan fingerprint density at radius 3 is 1.67 bits per heavy atom. The number of allylic oxidation sites excluding steroid dienone is 2. The first-order valence-electron chi connectivity index (χ1n) is 9.12. The first kappa shape index (κ1) is 20.2. The number of carbonyl (C=O) groups is 1. The average molecular weight is 296 g/mol. The van der Waals surface area contributed by atoms with Crippen LogP contribution in [-0.4, -0.2) is 13.1 Å². The molecule has 0 rings (SSSR count). The number of hydrogen-bond donors (Lipinski definition) is 0. The van der Waals surface area contributed by atoms with E-state index in [2.05, 4.69) is 23.8 Å². The number of unbranched alkanes of at least 4 members (excludes halogenated alkanes) is 12. The van der Waals surface area contributed by atoms with Gasteiger partial charge in [0, 0.05) is 0 Å². The van der Waals surface area contributed by atoms with Crippen LogP contribution in [0.5, 0.6) is 0 Å². The van der Waals surface area contributed by atoms with Gasteiger partial charge in [-0.25, -0.2) is 0 Å². The van der Waals surface area contributed by atoms with Gasteiger partial charge in [0.1, 0.15) is 0 Å². The van der Waals surface area contributed by atoms with Gasteiger partial charge in [-0.1, -0.05) is 76.9 Å². The molecule has 0 bridgehead atoms. The van der Waals surface area contributed by atoms with E-state index in [-0.39, 0.29) is 0 Å². The molecule has 21 heavy (non-hydrogen) atoms. The van der Waals surface area contributed by atoms with Crippen molar-refractivity contribution in [2.24, 2.45) is 0 Å². The Morgan fingerprint density at radius 1 is 0.667 bits per heavy atom. The zero-order valence-electron chi connectivity index (χ0n) is 14.2. The van der Waals surface area contributed by atoms with E-state index in [1.165, 1.54) is 83.5 Å². The van der Waals surface area contributed by atoms with Crippen LogP contribution in [0.15, 0.2) is 12.2 Å². The van der Waals surface area contributed by atoms with Gasteiger partial charge in [0.25, 0.3) is 6.47 Å². The molecule has 2 heteroatoms. The molecule has 0 amide bonds. The van der Waals surface area contributed by atoms with Crippen LogP contribution in [0, 0.1) is 0 Å². The fourth-order valence-electron chi connectivity index (χ4n) is 2.48. The summed E-state index contributed by atoms with van der Waals surface area (Å²) >= 11 is 0. The normalized spacial score (nSPS) is 11.1. The lowest BCUT2D eigenvalue weighted by molar-refractivity contribution is -0.128. The molecule has 0 aromatic rings. The molecule has 0 heterocycles. The Kier molecular flexibility index (Phi) is 18.5. The zero-order valence-corrected chi connectivity index (χ0v) is 14.2. The standard InChI is InChI=1S/C19H36O2/c1-2-3-4-5-6-7-8-9-10-11-12-13-14-15-16-17-18-21-19-20/h8-9,19H,2-7,10-18H2,1H3. The van der Waals surface area contributed by atoms with E-state index in [1.54, 1.807) is 0 Å². The summed E-state index contributed by atoms with van der Waals surface area (Å²) in [7, 11) is 0. The summed E-state index contributed by atoms with van der Waals surface area (Å²) in [5.41, 5.74) is 0. The summed E-state index contributed by atoms with van der Waals surface area (Å²) in [6, 6.07) is 0. The molecule has 0 saturated heterocycles. The monoisotopic (exact) mass is 296 g/mol. The molecule has 2 nitrogen and oxygen atoms in total. The van der Waals surface area contributed by atoms with Gasteiger partial charge in [-0.3, -0.25) is 4.79 Å². The van der Waals surface area contributed by atoms with Crippen LogP contribution in [0.2, 0.25) is 0 Å². The number of hydrogen-bond acceptors (Lipinski definition) is 2. The van der Waals surface area contributed by atoms with Gasteiger partial charge in [-0.05, 0) is 32.1 Å². The maximum Gasteiger partial charge on any atom is 0.293 e. The maximum absolute atomic E-state index is 9.94. The van der Waals surface area contributed by atoms with Crippen molar-refractivity contribution in [1.82, 2.24) is 0 Å². The van der Waals surface area contributed by atoms with Gasteiger partial charge in [0.2, 0.25) is 0 Å². The summed E-state index contributed by atoms with van der Waals surface area (Å²) in [6.45, 7) is 3.40. The number of rotatable bonds is 17. The predicted molar refractivity (Wildman–Crippen MR) is 91.5 cm³/mol. The zero-order chi connectivity index (χ0) is 15.4. The van der Waals surface area contributed by atoms with E-state index in [0.717, 1.165) is 6.42 Å². The molecule has 0 unspecified atom stereocenters. The minimum atomic E-state index is 0.540. The average Bonchev–Trinajstić information content (AvgIpc) is 2.50. The van der Waals surface area contributed by atoms with E-state index in [9.17, 15) is 4.79 Å². The van der Waals surface area contributed by atoms with Crippen LogP contribution in [0.25, 0.3) is 0 Å². The molecule has 0 N–H and O–H groups in total. The van der Waals surface area contributed by atoms with Crippen molar-refractivity contribution >= 4 is 6.47 Å². The van der Waals surface area contributed by atoms with Crippen LogP contribution in [-0.2, 0) is 9.53 Å². The molecule has 0 aliphatic rings. The highest BCUT2D eigenvalue weighted by Crippen LogP contribution is 2.10. The Labute approximate surface area is 132 Å². The van der Waals surface area contributed by atoms with E-state index in [1.807, 2.05) is 0 Å². The molecule has 0 fully saturated rings. The molecule has 0 aromatic heterocycles. The van der Waals surface area contributed by atoms with Crippen LogP contribution >= 0.6 is 0 Å². The lowest BCUT2D eigenvalue weighted by Crippen LogP contribution is -1.91. The quantitative estimate of drug-likeness (QED) is 0.181. The largest absolute Gasteiger partial charge is 0.468 e. The van der Waals surface area contributed by atoms with Gasteiger partial charge in [-0.15, -0.1) is 0 Å². The Balaban J connectivity index is 3.02. The third-order valence-corrected chi connectivity index (χ3v) is 3.84. The molecular weight excluding hydrogens is 260 g/mol. The molecule has 0 aromatic carbocycles. The third kappa shape index (κ3) is 19.2. The van der Waals surface area contributed by atoms with Crippen molar-refractivity contribution in [1.29, 1.82) is 0 Å². The van der Waals surface area contributed by atoms with Crippen LogP contribution in [0.4, 0.5) is 0 Å². The second-order valence-electron chi connectivity index (χ2n) is 5.90. The SMILES string of the molecule is CCCCCCCC=CCCCCCCCCCOC=O. The minimum Gasteiger partial charge on any atom is -0.468 e. The second kappa shape index (κ2) is 19.2. The highest BCUT2D eigenvalue weighted by atomic mass is 16.5. The van der Waals surface area contributed by atoms with Crippen LogP contribution in [0.1, 0.15) is 96.8 Å². The number of ether oxygens (including phenoxy) is 1. The fraction of sp³-hybridized carbons (Fsp3) is 0.842. The predicted octanol–water partition coefficient (Wildman–Crippen LogP) is 6.20. The van der Waals surface area contributed by atoms with E-state index in [4.69, 9.17) is 0 Å². The van der Waals surface area contributed by atoms with Crippen molar-refractivity contribution < 1.29 is 9.53 Å². The van der Waals surface area contributed by atoms with Crippen molar-refractivity contribution in [3.63, 3.8) is 0 Å². The Hall–Kier alpha value is -0.790. The van der Waals surface area contributed by atoms with Crippen LogP contribution in [0.3, 0.4) is 0 Å². The highest BCUT2D eigenvalue weighted by molar-refractivity contribution is 5.36. The Morgan fingerprint density at radius 2 is 1.14 bits per heavy atom. The van der Waals surface area contributed by atoms with Crippen molar-refractivity contribution in [3.05, 3.63) is 12.2 Å². The summed E-state index contributed by atoms with van der Waals surface area (Å²) in [6.07, 6.45) is 23.0. The Bertz CT molecular complexity index is 224. The molecule has 0 atom stereocenters. The molecule has 124 valence electrons.